The maximum absolute atomic E-state index is 11.5. The topological polar surface area (TPSA) is 78.7 Å². The monoisotopic (exact) mass is 318 g/mol. The molecule has 0 bridgehead atoms. The van der Waals surface area contributed by atoms with Crippen molar-refractivity contribution in [3.05, 3.63) is 35.9 Å². The third kappa shape index (κ3) is 6.00. The van der Waals surface area contributed by atoms with Gasteiger partial charge >= 0.3 is 6.03 Å². The minimum absolute atomic E-state index is 0.298. The number of hydrogen-bond acceptors (Lipinski definition) is 4. The van der Waals surface area contributed by atoms with Gasteiger partial charge in [0.05, 0.1) is 0 Å². The fourth-order valence-electron chi connectivity index (χ4n) is 3.06. The number of primary amides is 1. The van der Waals surface area contributed by atoms with Crippen molar-refractivity contribution in [3.8, 4) is 0 Å². The second-order valence-corrected chi connectivity index (χ2v) is 6.12. The fourth-order valence-corrected chi connectivity index (χ4v) is 3.06. The molecule has 1 fully saturated rings. The first-order chi connectivity index (χ1) is 11.0. The van der Waals surface area contributed by atoms with Crippen molar-refractivity contribution in [3.63, 3.8) is 0 Å². The molecule has 1 saturated heterocycles. The first-order valence-electron chi connectivity index (χ1n) is 8.14. The van der Waals surface area contributed by atoms with Crippen LogP contribution in [0.25, 0.3) is 0 Å². The highest BCUT2D eigenvalue weighted by atomic mass is 16.2. The molecule has 1 aliphatic heterocycles. The lowest BCUT2D eigenvalue weighted by atomic mass is 10.2. The highest BCUT2D eigenvalue weighted by molar-refractivity contribution is 5.93. The van der Waals surface area contributed by atoms with Gasteiger partial charge in [-0.25, -0.2) is 4.79 Å². The normalized spacial score (nSPS) is 20.0. The van der Waals surface area contributed by atoms with Gasteiger partial charge in [-0.3, -0.25) is 19.9 Å². The zero-order valence-corrected chi connectivity index (χ0v) is 13.7. The quantitative estimate of drug-likeness (QED) is 0.854. The Kier molecular flexibility index (Phi) is 6.55. The summed E-state index contributed by atoms with van der Waals surface area (Å²) in [4.78, 5) is 27.0. The number of amides is 3. The summed E-state index contributed by atoms with van der Waals surface area (Å²) in [6.45, 7) is 6.81. The first kappa shape index (κ1) is 17.4. The molecular formula is C17H26N4O2. The molecule has 0 aliphatic carbocycles. The Morgan fingerprint density at radius 2 is 2.00 bits per heavy atom. The fraction of sp³-hybridized carbons (Fsp3) is 0.529. The summed E-state index contributed by atoms with van der Waals surface area (Å²) in [6.07, 6.45) is 1.38. The zero-order chi connectivity index (χ0) is 16.7. The number of rotatable bonds is 5. The predicted octanol–water partition coefficient (Wildman–Crippen LogP) is 1.17. The van der Waals surface area contributed by atoms with E-state index in [0.717, 1.165) is 32.6 Å². The number of nitrogens with zero attached hydrogens (tertiary/aromatic N) is 2. The van der Waals surface area contributed by atoms with Crippen LogP contribution in [0.1, 0.15) is 25.3 Å². The molecule has 3 amide bonds. The summed E-state index contributed by atoms with van der Waals surface area (Å²) < 4.78 is 0. The summed E-state index contributed by atoms with van der Waals surface area (Å²) in [7, 11) is 0. The summed E-state index contributed by atoms with van der Waals surface area (Å²) in [5, 5.41) is 2.12. The van der Waals surface area contributed by atoms with Crippen LogP contribution in [0.15, 0.2) is 30.3 Å². The van der Waals surface area contributed by atoms with E-state index in [9.17, 15) is 9.59 Å². The Bertz CT molecular complexity index is 521. The summed E-state index contributed by atoms with van der Waals surface area (Å²) in [5.74, 6) is -0.310. The molecule has 6 heteroatoms. The van der Waals surface area contributed by atoms with Crippen LogP contribution in [0.4, 0.5) is 4.79 Å². The molecule has 6 nitrogen and oxygen atoms in total. The molecule has 3 N–H and O–H groups in total. The van der Waals surface area contributed by atoms with E-state index in [1.807, 2.05) is 6.07 Å². The van der Waals surface area contributed by atoms with Crippen LogP contribution in [0, 0.1) is 0 Å². The van der Waals surface area contributed by atoms with Gasteiger partial charge in [0.25, 0.3) is 0 Å². The van der Waals surface area contributed by atoms with Crippen LogP contribution in [0.5, 0.6) is 0 Å². The van der Waals surface area contributed by atoms with E-state index in [1.165, 1.54) is 5.56 Å². The van der Waals surface area contributed by atoms with E-state index < -0.39 is 6.03 Å². The Morgan fingerprint density at radius 3 is 2.70 bits per heavy atom. The van der Waals surface area contributed by atoms with Gasteiger partial charge in [-0.2, -0.15) is 0 Å². The van der Waals surface area contributed by atoms with Crippen molar-refractivity contribution in [1.29, 1.82) is 0 Å². The molecule has 1 aromatic carbocycles. The molecular weight excluding hydrogens is 292 g/mol. The Balaban J connectivity index is 1.82. The molecule has 0 spiro atoms. The molecule has 0 radical (unpaired) electrons. The summed E-state index contributed by atoms with van der Waals surface area (Å²) in [5.41, 5.74) is 6.28. The zero-order valence-electron chi connectivity index (χ0n) is 13.7. The van der Waals surface area contributed by atoms with Gasteiger partial charge in [-0.05, 0) is 32.0 Å². The maximum atomic E-state index is 11.5. The number of hydrogen-bond donors (Lipinski definition) is 2. The third-order valence-electron chi connectivity index (χ3n) is 4.20. The first-order valence-corrected chi connectivity index (χ1v) is 8.14. The summed E-state index contributed by atoms with van der Waals surface area (Å²) in [6, 6.07) is 10.1. The minimum atomic E-state index is -0.784. The predicted molar refractivity (Wildman–Crippen MR) is 89.7 cm³/mol. The second kappa shape index (κ2) is 8.64. The average Bonchev–Trinajstić information content (AvgIpc) is 2.67. The van der Waals surface area contributed by atoms with E-state index in [2.05, 4.69) is 46.3 Å². The third-order valence-corrected chi connectivity index (χ3v) is 4.20. The van der Waals surface area contributed by atoms with Gasteiger partial charge in [-0.1, -0.05) is 30.3 Å². The smallest absolute Gasteiger partial charge is 0.318 e. The van der Waals surface area contributed by atoms with Gasteiger partial charge in [0.2, 0.25) is 5.91 Å². The lowest BCUT2D eigenvalue weighted by Gasteiger charge is -2.28. The minimum Gasteiger partial charge on any atom is -0.351 e. The number of benzene rings is 1. The molecule has 23 heavy (non-hydrogen) atoms. The van der Waals surface area contributed by atoms with Crippen molar-refractivity contribution < 1.29 is 9.59 Å². The number of carbonyl (C=O) groups is 2. The number of nitrogens with two attached hydrogens (primary N) is 1. The highest BCUT2D eigenvalue weighted by Crippen LogP contribution is 2.13. The molecule has 1 aromatic rings. The van der Waals surface area contributed by atoms with Crippen LogP contribution in [0.2, 0.25) is 0 Å². The van der Waals surface area contributed by atoms with Crippen LogP contribution >= 0.6 is 0 Å². The van der Waals surface area contributed by atoms with Crippen molar-refractivity contribution in [2.24, 2.45) is 5.73 Å². The molecule has 1 atom stereocenters. The van der Waals surface area contributed by atoms with E-state index in [-0.39, 0.29) is 5.91 Å². The van der Waals surface area contributed by atoms with Crippen molar-refractivity contribution in [2.75, 3.05) is 26.2 Å². The van der Waals surface area contributed by atoms with Crippen molar-refractivity contribution in [1.82, 2.24) is 15.1 Å². The number of carbonyl (C=O) groups excluding carboxylic acids is 2. The number of urea groups is 1. The van der Waals surface area contributed by atoms with Crippen LogP contribution < -0.4 is 11.1 Å². The number of imide groups is 1. The average molecular weight is 318 g/mol. The van der Waals surface area contributed by atoms with Crippen LogP contribution in [0.3, 0.4) is 0 Å². The standard InChI is InChI=1S/C17H26N4O2/c1-14-12-20(13-15-6-3-2-4-7-15)9-5-10-21(14)11-8-16(22)19-17(18)23/h2-4,6-7,14H,5,8-13H2,1H3,(H3,18,19,22,23). The summed E-state index contributed by atoms with van der Waals surface area (Å²) >= 11 is 0. The van der Waals surface area contributed by atoms with Crippen LogP contribution in [-0.2, 0) is 11.3 Å². The van der Waals surface area contributed by atoms with E-state index >= 15 is 0 Å². The Labute approximate surface area is 137 Å². The van der Waals surface area contributed by atoms with Gasteiger partial charge in [0.15, 0.2) is 0 Å². The molecule has 126 valence electrons. The second-order valence-electron chi connectivity index (χ2n) is 6.12. The maximum Gasteiger partial charge on any atom is 0.318 e. The van der Waals surface area contributed by atoms with E-state index in [0.29, 0.717) is 19.0 Å². The number of nitrogens with one attached hydrogen (secondary N) is 1. The molecule has 1 heterocycles. The van der Waals surface area contributed by atoms with Gasteiger partial charge < -0.3 is 5.73 Å². The van der Waals surface area contributed by atoms with Gasteiger partial charge in [0.1, 0.15) is 0 Å². The largest absolute Gasteiger partial charge is 0.351 e. The molecule has 1 unspecified atom stereocenters. The van der Waals surface area contributed by atoms with E-state index in [4.69, 9.17) is 5.73 Å². The van der Waals surface area contributed by atoms with Crippen LogP contribution in [-0.4, -0.2) is 54.0 Å². The lowest BCUT2D eigenvalue weighted by molar-refractivity contribution is -0.120. The molecule has 1 aliphatic rings. The van der Waals surface area contributed by atoms with E-state index in [1.54, 1.807) is 0 Å². The molecule has 0 saturated carbocycles. The van der Waals surface area contributed by atoms with Crippen molar-refractivity contribution >= 4 is 11.9 Å². The Morgan fingerprint density at radius 1 is 1.26 bits per heavy atom. The SMILES string of the molecule is CC1CN(Cc2ccccc2)CCCN1CCC(=O)NC(N)=O. The highest BCUT2D eigenvalue weighted by Gasteiger charge is 2.22. The van der Waals surface area contributed by atoms with Gasteiger partial charge in [0, 0.05) is 32.1 Å². The lowest BCUT2D eigenvalue weighted by Crippen LogP contribution is -2.42. The van der Waals surface area contributed by atoms with Crippen molar-refractivity contribution in [2.45, 2.75) is 32.4 Å². The molecule has 2 rings (SSSR count). The molecule has 0 aromatic heterocycles. The van der Waals surface area contributed by atoms with Gasteiger partial charge in [-0.15, -0.1) is 0 Å². The Hall–Kier alpha value is -1.92.